The maximum atomic E-state index is 14.4. The molecular formula is C26H28N2O10S. The molecule has 1 saturated carbocycles. The highest BCUT2D eigenvalue weighted by molar-refractivity contribution is 8.02. The van der Waals surface area contributed by atoms with Crippen LogP contribution >= 0.6 is 11.8 Å². The van der Waals surface area contributed by atoms with Gasteiger partial charge in [0.1, 0.15) is 16.1 Å². The lowest BCUT2D eigenvalue weighted by molar-refractivity contribution is -0.244. The van der Waals surface area contributed by atoms with Crippen LogP contribution in [0, 0.1) is 0 Å². The molecule has 7 N–H and O–H groups in total. The van der Waals surface area contributed by atoms with Gasteiger partial charge in [-0.15, -0.1) is 11.8 Å². The van der Waals surface area contributed by atoms with Crippen LogP contribution in [0.25, 0.3) is 0 Å². The molecule has 2 fully saturated rings. The van der Waals surface area contributed by atoms with Gasteiger partial charge < -0.3 is 30.8 Å². The molecule has 39 heavy (non-hydrogen) atoms. The molecule has 1 amide bonds. The minimum atomic E-state index is -3.27. The molecule has 3 aliphatic carbocycles. The smallest absolute Gasteiger partial charge is 0.345 e. The molecule has 13 heteroatoms. The summed E-state index contributed by atoms with van der Waals surface area (Å²) in [7, 11) is 0. The largest absolute Gasteiger partial charge is 0.507 e. The number of amides is 1. The van der Waals surface area contributed by atoms with Crippen LogP contribution in [-0.4, -0.2) is 93.8 Å². The first-order chi connectivity index (χ1) is 18.1. The number of fused-ring (bicyclic) bond motifs is 4. The lowest BCUT2D eigenvalue weighted by atomic mass is 9.48. The third-order valence-corrected chi connectivity index (χ3v) is 10.5. The number of carbonyl (C=O) groups is 5. The predicted octanol–water partition coefficient (Wildman–Crippen LogP) is -0.572. The Hall–Kier alpha value is -3.10. The Kier molecular flexibility index (Phi) is 5.95. The molecule has 208 valence electrons. The second-order valence-electron chi connectivity index (χ2n) is 10.8. The topological polar surface area (TPSA) is 211 Å². The number of phenols is 1. The summed E-state index contributed by atoms with van der Waals surface area (Å²) in [5.41, 5.74) is -11.4. The molecule has 1 aromatic carbocycles. The lowest BCUT2D eigenvalue weighted by Crippen LogP contribution is -2.86. The molecule has 0 bridgehead atoms. The minimum Gasteiger partial charge on any atom is -0.507 e. The number of carboxylic acids is 1. The van der Waals surface area contributed by atoms with E-state index in [1.54, 1.807) is 0 Å². The second-order valence-corrected chi connectivity index (χ2v) is 12.3. The standard InChI is InChI=1S/C26H28N2O10S/c1-12-10-16(31)25(37)22(36,11-12)7-8-23(39-17-6-9-27-24(17,21(34)35)28-13(2)29)20(33)18-14(4-3-5-15(18)30)19(32)26(23,25)38/h3-5,10,17,27,30,36-38H,6-9,11H2,1-2H3,(H,28,29)(H,34,35)/t17?,22?,23?,24-,25?,26?/m1/s1. The van der Waals surface area contributed by atoms with Crippen LogP contribution in [0.2, 0.25) is 0 Å². The summed E-state index contributed by atoms with van der Waals surface area (Å²) < 4.78 is -2.43. The molecule has 1 saturated heterocycles. The molecule has 4 aliphatic rings. The van der Waals surface area contributed by atoms with Gasteiger partial charge in [0.2, 0.25) is 17.4 Å². The van der Waals surface area contributed by atoms with Crippen LogP contribution in [0.1, 0.15) is 60.2 Å². The van der Waals surface area contributed by atoms with Crippen LogP contribution < -0.4 is 10.6 Å². The number of Topliss-reactive ketones (excluding diaryl/α,β-unsaturated/α-hetero) is 2. The van der Waals surface area contributed by atoms with E-state index in [1.807, 2.05) is 0 Å². The molecule has 5 unspecified atom stereocenters. The van der Waals surface area contributed by atoms with Crippen molar-refractivity contribution in [3.05, 3.63) is 41.0 Å². The highest BCUT2D eigenvalue weighted by atomic mass is 32.2. The van der Waals surface area contributed by atoms with E-state index in [0.717, 1.165) is 25.1 Å². The summed E-state index contributed by atoms with van der Waals surface area (Å²) in [5.74, 6) is -6.24. The average molecular weight is 561 g/mol. The number of thioether (sulfide) groups is 1. The van der Waals surface area contributed by atoms with Crippen molar-refractivity contribution in [2.24, 2.45) is 0 Å². The number of aliphatic hydroxyl groups is 3. The molecule has 1 aliphatic heterocycles. The monoisotopic (exact) mass is 560 g/mol. The number of aliphatic carboxylic acids is 1. The van der Waals surface area contributed by atoms with Crippen molar-refractivity contribution >= 4 is 41.0 Å². The molecule has 5 rings (SSSR count). The fourth-order valence-electron chi connectivity index (χ4n) is 6.82. The molecule has 1 heterocycles. The Morgan fingerprint density at radius 2 is 1.77 bits per heavy atom. The summed E-state index contributed by atoms with van der Waals surface area (Å²) in [5, 5.41) is 60.8. The Labute approximate surface area is 226 Å². The quantitative estimate of drug-likeness (QED) is 0.247. The molecule has 6 atom stereocenters. The second kappa shape index (κ2) is 8.45. The van der Waals surface area contributed by atoms with Crippen LogP contribution in [0.4, 0.5) is 0 Å². The van der Waals surface area contributed by atoms with E-state index in [0.29, 0.717) is 17.3 Å². The molecule has 0 aromatic heterocycles. The average Bonchev–Trinajstić information content (AvgIpc) is 3.24. The highest BCUT2D eigenvalue weighted by Gasteiger charge is 2.83. The van der Waals surface area contributed by atoms with E-state index in [2.05, 4.69) is 10.6 Å². The van der Waals surface area contributed by atoms with Crippen molar-refractivity contribution < 1.29 is 49.5 Å². The van der Waals surface area contributed by atoms with Gasteiger partial charge in [0.05, 0.1) is 10.8 Å². The number of phenolic OH excluding ortho intramolecular Hbond substituents is 1. The van der Waals surface area contributed by atoms with Crippen molar-refractivity contribution in [1.82, 2.24) is 10.6 Å². The van der Waals surface area contributed by atoms with Crippen molar-refractivity contribution in [2.45, 2.75) is 72.0 Å². The first-order valence-corrected chi connectivity index (χ1v) is 13.2. The first-order valence-electron chi connectivity index (χ1n) is 12.4. The number of benzene rings is 1. The van der Waals surface area contributed by atoms with Crippen molar-refractivity contribution in [3.63, 3.8) is 0 Å². The number of nitrogens with one attached hydrogen (secondary N) is 2. The summed E-state index contributed by atoms with van der Waals surface area (Å²) in [6.07, 6.45) is -0.114. The molecule has 1 aromatic rings. The van der Waals surface area contributed by atoms with E-state index >= 15 is 0 Å². The molecule has 12 nitrogen and oxygen atoms in total. The van der Waals surface area contributed by atoms with Gasteiger partial charge in [0.15, 0.2) is 22.8 Å². The normalized spacial score (nSPS) is 39.4. The van der Waals surface area contributed by atoms with E-state index in [4.69, 9.17) is 0 Å². The maximum Gasteiger partial charge on any atom is 0.345 e. The fourth-order valence-corrected chi connectivity index (χ4v) is 8.80. The molecule has 0 radical (unpaired) electrons. The Balaban J connectivity index is 1.80. The number of ketones is 3. The number of carboxylic acid groups (broad SMARTS) is 1. The summed E-state index contributed by atoms with van der Waals surface area (Å²) >= 11 is 0.542. The van der Waals surface area contributed by atoms with Crippen LogP contribution in [-0.2, 0) is 14.4 Å². The van der Waals surface area contributed by atoms with Gasteiger partial charge in [-0.25, -0.2) is 4.79 Å². The van der Waals surface area contributed by atoms with Gasteiger partial charge in [-0.1, -0.05) is 17.7 Å². The zero-order valence-electron chi connectivity index (χ0n) is 21.1. The minimum absolute atomic E-state index is 0.0415. The Morgan fingerprint density at radius 3 is 2.41 bits per heavy atom. The van der Waals surface area contributed by atoms with Gasteiger partial charge in [-0.2, -0.15) is 0 Å². The van der Waals surface area contributed by atoms with Gasteiger partial charge in [-0.3, -0.25) is 24.5 Å². The van der Waals surface area contributed by atoms with Crippen molar-refractivity contribution in [2.75, 3.05) is 6.54 Å². The summed E-state index contributed by atoms with van der Waals surface area (Å²) in [6, 6.07) is 3.57. The van der Waals surface area contributed by atoms with Crippen LogP contribution in [0.5, 0.6) is 5.75 Å². The zero-order valence-corrected chi connectivity index (χ0v) is 21.9. The summed E-state index contributed by atoms with van der Waals surface area (Å²) in [4.78, 5) is 66.5. The highest BCUT2D eigenvalue weighted by Crippen LogP contribution is 2.63. The van der Waals surface area contributed by atoms with E-state index in [9.17, 15) is 49.5 Å². The first kappa shape index (κ1) is 27.5. The third-order valence-electron chi connectivity index (χ3n) is 8.53. The number of aromatic hydroxyl groups is 1. The van der Waals surface area contributed by atoms with Crippen LogP contribution in [0.15, 0.2) is 29.8 Å². The predicted molar refractivity (Wildman–Crippen MR) is 135 cm³/mol. The number of hydrogen-bond donors (Lipinski definition) is 7. The zero-order chi connectivity index (χ0) is 28.8. The Bertz CT molecular complexity index is 1390. The number of carbonyl (C=O) groups excluding carboxylic acids is 4. The summed E-state index contributed by atoms with van der Waals surface area (Å²) in [6.45, 7) is 2.71. The maximum absolute atomic E-state index is 14.4. The fraction of sp³-hybridized carbons (Fsp3) is 0.500. The third kappa shape index (κ3) is 3.19. The molecular weight excluding hydrogens is 532 g/mol. The van der Waals surface area contributed by atoms with Gasteiger partial charge in [0.25, 0.3) is 0 Å². The van der Waals surface area contributed by atoms with Gasteiger partial charge in [-0.05, 0) is 44.9 Å². The number of rotatable bonds is 4. The van der Waals surface area contributed by atoms with Crippen molar-refractivity contribution in [3.8, 4) is 5.75 Å². The lowest BCUT2D eigenvalue weighted by Gasteiger charge is -2.63. The van der Waals surface area contributed by atoms with Crippen LogP contribution in [0.3, 0.4) is 0 Å². The van der Waals surface area contributed by atoms with E-state index < -0.39 is 91.4 Å². The molecule has 0 spiro atoms. The Morgan fingerprint density at radius 1 is 1.08 bits per heavy atom. The van der Waals surface area contributed by atoms with E-state index in [-0.39, 0.29) is 19.4 Å². The van der Waals surface area contributed by atoms with Gasteiger partial charge >= 0.3 is 5.97 Å². The number of hydrogen-bond acceptors (Lipinski definition) is 11. The van der Waals surface area contributed by atoms with E-state index in [1.165, 1.54) is 13.0 Å². The SMILES string of the molecule is CC(=O)N[C@]1(C(=O)O)NCCC1SC12CCC3(O)CC(C)=CC(=O)C3(O)C1(O)C(=O)c1cccc(O)c1C2=O. The van der Waals surface area contributed by atoms with Gasteiger partial charge in [0, 0.05) is 18.9 Å². The van der Waals surface area contributed by atoms with Crippen molar-refractivity contribution in [1.29, 1.82) is 0 Å².